The topological polar surface area (TPSA) is 63.5 Å². The molecule has 162 valence electrons. The molecular weight excluding hydrogens is 410 g/mol. The second-order valence-corrected chi connectivity index (χ2v) is 8.81. The molecule has 0 spiro atoms. The number of hydrogen-bond acceptors (Lipinski definition) is 6. The quantitative estimate of drug-likeness (QED) is 0.530. The van der Waals surface area contributed by atoms with E-state index in [-0.39, 0.29) is 11.2 Å². The summed E-state index contributed by atoms with van der Waals surface area (Å²) in [5.74, 6) is 0.872. The Morgan fingerprint density at radius 2 is 1.77 bits per heavy atom. The number of carbonyl (C=O) groups is 1. The predicted molar refractivity (Wildman–Crippen MR) is 122 cm³/mol. The maximum absolute atomic E-state index is 13.1. The van der Waals surface area contributed by atoms with Crippen LogP contribution in [-0.2, 0) is 11.3 Å². The van der Waals surface area contributed by atoms with E-state index in [1.54, 1.807) is 13.4 Å². The molecule has 1 amide bonds. The van der Waals surface area contributed by atoms with Crippen molar-refractivity contribution >= 4 is 17.7 Å². The van der Waals surface area contributed by atoms with Gasteiger partial charge in [-0.15, -0.1) is 10.2 Å². The van der Waals surface area contributed by atoms with E-state index in [1.165, 1.54) is 17.3 Å². The van der Waals surface area contributed by atoms with Gasteiger partial charge in [-0.1, -0.05) is 54.2 Å². The summed E-state index contributed by atoms with van der Waals surface area (Å²) >= 11 is 1.43. The Morgan fingerprint density at radius 1 is 1.06 bits per heavy atom. The van der Waals surface area contributed by atoms with Gasteiger partial charge in [-0.05, 0) is 24.6 Å². The van der Waals surface area contributed by atoms with E-state index in [0.717, 1.165) is 44.2 Å². The summed E-state index contributed by atoms with van der Waals surface area (Å²) in [4.78, 5) is 17.4. The Kier molecular flexibility index (Phi) is 6.89. The number of piperazine rings is 1. The van der Waals surface area contributed by atoms with Crippen molar-refractivity contribution in [2.45, 2.75) is 23.9 Å². The third-order valence-corrected chi connectivity index (χ3v) is 6.47. The Morgan fingerprint density at radius 3 is 2.52 bits per heavy atom. The number of para-hydroxylation sites is 2. The second kappa shape index (κ2) is 9.98. The second-order valence-electron chi connectivity index (χ2n) is 7.50. The Labute approximate surface area is 187 Å². The van der Waals surface area contributed by atoms with E-state index in [0.29, 0.717) is 5.16 Å². The molecule has 1 aliphatic rings. The number of hydrogen-bond donors (Lipinski definition) is 0. The van der Waals surface area contributed by atoms with Crippen molar-refractivity contribution in [2.24, 2.45) is 0 Å². The molecule has 2 aromatic carbocycles. The highest BCUT2D eigenvalue weighted by atomic mass is 32.2. The first-order chi connectivity index (χ1) is 15.2. The lowest BCUT2D eigenvalue weighted by Crippen LogP contribution is -2.50. The minimum absolute atomic E-state index is 0.138. The molecule has 0 unspecified atom stereocenters. The van der Waals surface area contributed by atoms with Crippen LogP contribution in [0.1, 0.15) is 12.5 Å². The summed E-state index contributed by atoms with van der Waals surface area (Å²) in [7, 11) is 1.64. The third-order valence-electron chi connectivity index (χ3n) is 5.42. The molecule has 0 radical (unpaired) electrons. The van der Waals surface area contributed by atoms with Crippen molar-refractivity contribution in [1.82, 2.24) is 24.6 Å². The van der Waals surface area contributed by atoms with Gasteiger partial charge in [0.1, 0.15) is 12.1 Å². The maximum atomic E-state index is 13.1. The van der Waals surface area contributed by atoms with Crippen LogP contribution in [-0.4, -0.2) is 69.0 Å². The van der Waals surface area contributed by atoms with Gasteiger partial charge in [0.2, 0.25) is 5.91 Å². The van der Waals surface area contributed by atoms with Crippen molar-refractivity contribution in [3.8, 4) is 11.4 Å². The van der Waals surface area contributed by atoms with E-state index >= 15 is 0 Å². The SMILES string of the molecule is COc1ccccc1-n1cnnc1S[C@H](C)C(=O)N1CCN(Cc2ccccc2)CC1. The van der Waals surface area contributed by atoms with Gasteiger partial charge in [-0.25, -0.2) is 0 Å². The van der Waals surface area contributed by atoms with Gasteiger partial charge < -0.3 is 9.64 Å². The van der Waals surface area contributed by atoms with Crippen molar-refractivity contribution in [1.29, 1.82) is 0 Å². The number of carbonyl (C=O) groups excluding carboxylic acids is 1. The lowest BCUT2D eigenvalue weighted by Gasteiger charge is -2.35. The molecule has 3 aromatic rings. The van der Waals surface area contributed by atoms with Crippen molar-refractivity contribution in [2.75, 3.05) is 33.3 Å². The Bertz CT molecular complexity index is 1000. The molecule has 0 N–H and O–H groups in total. The fourth-order valence-corrected chi connectivity index (χ4v) is 4.65. The molecule has 7 nitrogen and oxygen atoms in total. The molecule has 1 aliphatic heterocycles. The summed E-state index contributed by atoms with van der Waals surface area (Å²) < 4.78 is 7.33. The molecule has 2 heterocycles. The minimum Gasteiger partial charge on any atom is -0.495 e. The van der Waals surface area contributed by atoms with E-state index in [2.05, 4.69) is 39.4 Å². The fourth-order valence-electron chi connectivity index (χ4n) is 3.73. The summed E-state index contributed by atoms with van der Waals surface area (Å²) in [6.07, 6.45) is 1.65. The molecule has 0 saturated carbocycles. The van der Waals surface area contributed by atoms with Gasteiger partial charge in [0, 0.05) is 32.7 Å². The lowest BCUT2D eigenvalue weighted by molar-refractivity contribution is -0.132. The highest BCUT2D eigenvalue weighted by molar-refractivity contribution is 8.00. The monoisotopic (exact) mass is 437 g/mol. The minimum atomic E-state index is -0.252. The van der Waals surface area contributed by atoms with Crippen LogP contribution in [0.2, 0.25) is 0 Å². The molecule has 1 atom stereocenters. The first-order valence-corrected chi connectivity index (χ1v) is 11.3. The van der Waals surface area contributed by atoms with Crippen molar-refractivity contribution < 1.29 is 9.53 Å². The Balaban J connectivity index is 1.35. The van der Waals surface area contributed by atoms with E-state index < -0.39 is 0 Å². The molecule has 1 saturated heterocycles. The normalized spacial score (nSPS) is 15.6. The summed E-state index contributed by atoms with van der Waals surface area (Å²) in [6.45, 7) is 6.12. The molecular formula is C23H27N5O2S. The zero-order chi connectivity index (χ0) is 21.6. The largest absolute Gasteiger partial charge is 0.495 e. The van der Waals surface area contributed by atoms with Crippen molar-refractivity contribution in [3.05, 3.63) is 66.5 Å². The van der Waals surface area contributed by atoms with Crippen LogP contribution in [0.25, 0.3) is 5.69 Å². The molecule has 0 bridgehead atoms. The number of nitrogens with zero attached hydrogens (tertiary/aromatic N) is 5. The number of methoxy groups -OCH3 is 1. The van der Waals surface area contributed by atoms with Crippen molar-refractivity contribution in [3.63, 3.8) is 0 Å². The zero-order valence-electron chi connectivity index (χ0n) is 17.8. The molecule has 1 fully saturated rings. The summed E-state index contributed by atoms with van der Waals surface area (Å²) in [5.41, 5.74) is 2.16. The van der Waals surface area contributed by atoms with Gasteiger partial charge in [-0.3, -0.25) is 14.3 Å². The average Bonchev–Trinajstić information content (AvgIpc) is 3.27. The van der Waals surface area contributed by atoms with Crippen LogP contribution in [0.3, 0.4) is 0 Å². The highest BCUT2D eigenvalue weighted by Crippen LogP contribution is 2.29. The van der Waals surface area contributed by atoms with Gasteiger partial charge in [0.05, 0.1) is 18.0 Å². The van der Waals surface area contributed by atoms with Crippen LogP contribution in [0.4, 0.5) is 0 Å². The molecule has 8 heteroatoms. The predicted octanol–water partition coefficient (Wildman–Crippen LogP) is 3.10. The average molecular weight is 438 g/mol. The third kappa shape index (κ3) is 5.08. The molecule has 4 rings (SSSR count). The molecule has 31 heavy (non-hydrogen) atoms. The maximum Gasteiger partial charge on any atom is 0.235 e. The fraction of sp³-hybridized carbons (Fsp3) is 0.348. The number of amides is 1. The summed E-state index contributed by atoms with van der Waals surface area (Å²) in [6, 6.07) is 18.2. The van der Waals surface area contributed by atoms with Gasteiger partial charge >= 0.3 is 0 Å². The van der Waals surface area contributed by atoms with Gasteiger partial charge in [-0.2, -0.15) is 0 Å². The summed E-state index contributed by atoms with van der Waals surface area (Å²) in [5, 5.41) is 8.71. The van der Waals surface area contributed by atoms with E-state index in [4.69, 9.17) is 4.74 Å². The van der Waals surface area contributed by atoms with Crippen LogP contribution in [0.5, 0.6) is 5.75 Å². The number of ether oxygens (including phenoxy) is 1. The van der Waals surface area contributed by atoms with E-state index in [9.17, 15) is 4.79 Å². The number of thioether (sulfide) groups is 1. The first kappa shape index (κ1) is 21.4. The number of benzene rings is 2. The van der Waals surface area contributed by atoms with Crippen LogP contribution in [0.15, 0.2) is 66.1 Å². The van der Waals surface area contributed by atoms with Gasteiger partial charge in [0.15, 0.2) is 5.16 Å². The zero-order valence-corrected chi connectivity index (χ0v) is 18.7. The first-order valence-electron chi connectivity index (χ1n) is 10.4. The molecule has 1 aromatic heterocycles. The number of rotatable bonds is 7. The Hall–Kier alpha value is -2.84. The van der Waals surface area contributed by atoms with Crippen LogP contribution < -0.4 is 4.74 Å². The van der Waals surface area contributed by atoms with E-state index in [1.807, 2.05) is 46.7 Å². The van der Waals surface area contributed by atoms with Crippen LogP contribution >= 0.6 is 11.8 Å². The lowest BCUT2D eigenvalue weighted by atomic mass is 10.2. The standard InChI is InChI=1S/C23H27N5O2S/c1-18(31-23-25-24-17-28(23)20-10-6-7-11-21(20)30-2)22(29)27-14-12-26(13-15-27)16-19-8-4-3-5-9-19/h3-11,17-18H,12-16H2,1-2H3/t18-/m1/s1. The molecule has 0 aliphatic carbocycles. The van der Waals surface area contributed by atoms with Gasteiger partial charge in [0.25, 0.3) is 0 Å². The highest BCUT2D eigenvalue weighted by Gasteiger charge is 2.27. The number of aromatic nitrogens is 3. The smallest absolute Gasteiger partial charge is 0.235 e. The van der Waals surface area contributed by atoms with Crippen LogP contribution in [0, 0.1) is 0 Å².